The van der Waals surface area contributed by atoms with Gasteiger partial charge in [0.05, 0.1) is 0 Å². The molecule has 1 N–H and O–H groups in total. The quantitative estimate of drug-likeness (QED) is 0.741. The van der Waals surface area contributed by atoms with E-state index in [9.17, 15) is 0 Å². The van der Waals surface area contributed by atoms with Crippen molar-refractivity contribution in [1.29, 1.82) is 0 Å². The second-order valence-electron chi connectivity index (χ2n) is 4.83. The molecule has 2 aromatic carbocycles. The number of benzene rings is 2. The second kappa shape index (κ2) is 4.81. The van der Waals surface area contributed by atoms with Crippen LogP contribution >= 0.6 is 0 Å². The molecule has 1 heterocycles. The van der Waals surface area contributed by atoms with Crippen LogP contribution in [0.25, 0.3) is 10.9 Å². The van der Waals surface area contributed by atoms with Gasteiger partial charge in [-0.3, -0.25) is 0 Å². The van der Waals surface area contributed by atoms with Crippen molar-refractivity contribution in [2.75, 3.05) is 0 Å². The zero-order valence-corrected chi connectivity index (χ0v) is 11.2. The summed E-state index contributed by atoms with van der Waals surface area (Å²) < 4.78 is 5.93. The molecule has 0 bridgehead atoms. The van der Waals surface area contributed by atoms with Gasteiger partial charge in [-0.05, 0) is 37.1 Å². The van der Waals surface area contributed by atoms with E-state index < -0.39 is 0 Å². The van der Waals surface area contributed by atoms with E-state index >= 15 is 0 Å². The molecule has 0 unspecified atom stereocenters. The van der Waals surface area contributed by atoms with Crippen molar-refractivity contribution >= 4 is 10.9 Å². The van der Waals surface area contributed by atoms with Gasteiger partial charge < -0.3 is 9.72 Å². The van der Waals surface area contributed by atoms with E-state index in [1.165, 1.54) is 16.7 Å². The summed E-state index contributed by atoms with van der Waals surface area (Å²) in [6, 6.07) is 15.6. The molecule has 0 atom stereocenters. The molecule has 1 radical (unpaired) electrons. The number of aromatic amines is 1. The number of rotatable bonds is 3. The summed E-state index contributed by atoms with van der Waals surface area (Å²) in [5.41, 5.74) is 4.82. The van der Waals surface area contributed by atoms with Crippen molar-refractivity contribution < 1.29 is 4.74 Å². The fourth-order valence-corrected chi connectivity index (χ4v) is 2.27. The van der Waals surface area contributed by atoms with Crippen molar-refractivity contribution in [3.8, 4) is 5.75 Å². The Bertz CT molecular complexity index is 712. The van der Waals surface area contributed by atoms with Crippen LogP contribution in [0.1, 0.15) is 16.7 Å². The zero-order chi connectivity index (χ0) is 13.2. The molecule has 0 saturated carbocycles. The highest BCUT2D eigenvalue weighted by atomic mass is 16.5. The number of ether oxygens (including phenoxy) is 1. The van der Waals surface area contributed by atoms with Gasteiger partial charge in [0.2, 0.25) is 0 Å². The highest BCUT2D eigenvalue weighted by Crippen LogP contribution is 2.25. The molecule has 19 heavy (non-hydrogen) atoms. The largest absolute Gasteiger partial charge is 0.488 e. The van der Waals surface area contributed by atoms with E-state index in [1.54, 1.807) is 0 Å². The number of aromatic nitrogens is 1. The summed E-state index contributed by atoms with van der Waals surface area (Å²) in [5.74, 6) is 0.874. The fraction of sp³-hybridized carbons (Fsp3) is 0.176. The summed E-state index contributed by atoms with van der Waals surface area (Å²) in [6.07, 6.45) is 1.81. The lowest BCUT2D eigenvalue weighted by Gasteiger charge is -2.10. The molecule has 0 aliphatic carbocycles. The molecule has 2 nitrogen and oxygen atoms in total. The molecule has 0 amide bonds. The van der Waals surface area contributed by atoms with Gasteiger partial charge in [0.1, 0.15) is 12.4 Å². The van der Waals surface area contributed by atoms with Crippen molar-refractivity contribution in [2.45, 2.75) is 20.5 Å². The predicted molar refractivity (Wildman–Crippen MR) is 77.4 cm³/mol. The predicted octanol–water partition coefficient (Wildman–Crippen LogP) is 4.16. The maximum absolute atomic E-state index is 5.93. The van der Waals surface area contributed by atoms with Crippen LogP contribution < -0.4 is 4.74 Å². The fourth-order valence-electron chi connectivity index (χ4n) is 2.27. The number of hydrogen-bond donors (Lipinski definition) is 1. The number of fused-ring (bicyclic) bond motifs is 1. The maximum atomic E-state index is 5.93. The van der Waals surface area contributed by atoms with Gasteiger partial charge in [-0.25, -0.2) is 0 Å². The van der Waals surface area contributed by atoms with Crippen LogP contribution in [0.5, 0.6) is 5.75 Å². The highest BCUT2D eigenvalue weighted by Gasteiger charge is 2.04. The highest BCUT2D eigenvalue weighted by molar-refractivity contribution is 5.85. The Balaban J connectivity index is 1.84. The number of nitrogens with one attached hydrogen (secondary N) is 1. The van der Waals surface area contributed by atoms with E-state index in [-0.39, 0.29) is 0 Å². The van der Waals surface area contributed by atoms with Crippen molar-refractivity contribution in [1.82, 2.24) is 4.98 Å². The zero-order valence-electron chi connectivity index (χ0n) is 11.2. The number of H-pyrrole nitrogens is 1. The number of hydrogen-bond acceptors (Lipinski definition) is 1. The van der Waals surface area contributed by atoms with Crippen LogP contribution in [0.2, 0.25) is 0 Å². The molecule has 0 fully saturated rings. The van der Waals surface area contributed by atoms with Crippen molar-refractivity contribution in [2.24, 2.45) is 0 Å². The van der Waals surface area contributed by atoms with Crippen LogP contribution in [0.15, 0.2) is 42.6 Å². The standard InChI is InChI=1S/C17H16NO/c1-12-6-7-14(13(2)10-12)11-19-17-5-3-4-16-15(17)8-9-18-16/h3-7,9-10,18H,11H2,1-2H3. The molecule has 3 rings (SSSR count). The average Bonchev–Trinajstić information content (AvgIpc) is 2.86. The van der Waals surface area contributed by atoms with Crippen molar-refractivity contribution in [3.63, 3.8) is 0 Å². The normalized spacial score (nSPS) is 10.8. The average molecular weight is 250 g/mol. The summed E-state index contributed by atoms with van der Waals surface area (Å²) in [4.78, 5) is 3.14. The van der Waals surface area contributed by atoms with Gasteiger partial charge in [-0.15, -0.1) is 0 Å². The van der Waals surface area contributed by atoms with Crippen LogP contribution in [0.4, 0.5) is 0 Å². The first-order chi connectivity index (χ1) is 9.24. The van der Waals surface area contributed by atoms with Crippen LogP contribution in [0.3, 0.4) is 0 Å². The van der Waals surface area contributed by atoms with E-state index in [0.717, 1.165) is 16.7 Å². The van der Waals surface area contributed by atoms with Crippen molar-refractivity contribution in [3.05, 3.63) is 65.4 Å². The third kappa shape index (κ3) is 2.34. The molecule has 3 aromatic rings. The van der Waals surface area contributed by atoms with E-state index in [0.29, 0.717) is 6.61 Å². The molecule has 1 aromatic heterocycles. The van der Waals surface area contributed by atoms with E-state index in [4.69, 9.17) is 4.74 Å². The molecule has 95 valence electrons. The third-order valence-electron chi connectivity index (χ3n) is 3.35. The van der Waals surface area contributed by atoms with E-state index in [2.05, 4.69) is 43.1 Å². The van der Waals surface area contributed by atoms with Gasteiger partial charge in [-0.1, -0.05) is 29.8 Å². The Hall–Kier alpha value is -2.22. The van der Waals surface area contributed by atoms with Gasteiger partial charge in [-0.2, -0.15) is 0 Å². The topological polar surface area (TPSA) is 25.0 Å². The Morgan fingerprint density at radius 3 is 2.89 bits per heavy atom. The summed E-state index contributed by atoms with van der Waals surface area (Å²) >= 11 is 0. The monoisotopic (exact) mass is 250 g/mol. The molecular weight excluding hydrogens is 234 g/mol. The number of aryl methyl sites for hydroxylation is 2. The summed E-state index contributed by atoms with van der Waals surface area (Å²) in [7, 11) is 0. The van der Waals surface area contributed by atoms with E-state index in [1.807, 2.05) is 24.4 Å². The molecular formula is C17H16NO. The Kier molecular flexibility index (Phi) is 3.00. The summed E-state index contributed by atoms with van der Waals surface area (Å²) in [5, 5.41) is 1.01. The Morgan fingerprint density at radius 1 is 1.16 bits per heavy atom. The Morgan fingerprint density at radius 2 is 2.05 bits per heavy atom. The lowest BCUT2D eigenvalue weighted by atomic mass is 10.1. The molecule has 0 spiro atoms. The van der Waals surface area contributed by atoms with Crippen LogP contribution in [0, 0.1) is 19.9 Å². The lowest BCUT2D eigenvalue weighted by Crippen LogP contribution is -1.98. The Labute approximate surface area is 113 Å². The smallest absolute Gasteiger partial charge is 0.129 e. The first-order valence-electron chi connectivity index (χ1n) is 6.41. The summed E-state index contributed by atoms with van der Waals surface area (Å²) in [6.45, 7) is 4.81. The van der Waals surface area contributed by atoms with Gasteiger partial charge >= 0.3 is 0 Å². The lowest BCUT2D eigenvalue weighted by molar-refractivity contribution is 0.309. The van der Waals surface area contributed by atoms with Crippen LogP contribution in [-0.4, -0.2) is 4.98 Å². The minimum Gasteiger partial charge on any atom is -0.488 e. The molecule has 0 saturated heterocycles. The third-order valence-corrected chi connectivity index (χ3v) is 3.35. The molecule has 2 heteroatoms. The second-order valence-corrected chi connectivity index (χ2v) is 4.83. The maximum Gasteiger partial charge on any atom is 0.129 e. The molecule has 0 aliphatic rings. The van der Waals surface area contributed by atoms with Crippen LogP contribution in [-0.2, 0) is 6.61 Å². The van der Waals surface area contributed by atoms with Gasteiger partial charge in [0.25, 0.3) is 0 Å². The first-order valence-corrected chi connectivity index (χ1v) is 6.41. The SMILES string of the molecule is Cc1ccc(COc2cccc3[nH]c[c]c23)c(C)c1. The minimum absolute atomic E-state index is 0.588. The van der Waals surface area contributed by atoms with Gasteiger partial charge in [0.15, 0.2) is 0 Å². The molecule has 0 aliphatic heterocycles. The first kappa shape index (κ1) is 11.8. The van der Waals surface area contributed by atoms with Gasteiger partial charge in [0, 0.05) is 23.2 Å². The minimum atomic E-state index is 0.588.